The predicted octanol–water partition coefficient (Wildman–Crippen LogP) is 3.34. The molecular formula is C10H7OS. The van der Waals surface area contributed by atoms with Gasteiger partial charge in [0.2, 0.25) is 0 Å². The second kappa shape index (κ2) is 3.41. The van der Waals surface area contributed by atoms with E-state index in [9.17, 15) is 0 Å². The van der Waals surface area contributed by atoms with E-state index in [1.54, 1.807) is 11.3 Å². The van der Waals surface area contributed by atoms with Crippen molar-refractivity contribution in [2.75, 3.05) is 0 Å². The molecule has 12 heavy (non-hydrogen) atoms. The Hall–Kier alpha value is -1.28. The average Bonchev–Trinajstić information content (AvgIpc) is 2.59. The summed E-state index contributed by atoms with van der Waals surface area (Å²) in [4.78, 5) is 0. The van der Waals surface area contributed by atoms with Crippen molar-refractivity contribution in [1.29, 1.82) is 0 Å². The fourth-order valence-electron chi connectivity index (χ4n) is 0.886. The van der Waals surface area contributed by atoms with Crippen LogP contribution >= 0.6 is 11.3 Å². The summed E-state index contributed by atoms with van der Waals surface area (Å²) >= 11 is 1.63. The van der Waals surface area contributed by atoms with E-state index in [0.717, 1.165) is 11.5 Å². The second-order valence-corrected chi connectivity index (χ2v) is 3.08. The number of hydrogen-bond donors (Lipinski definition) is 0. The molecule has 1 radical (unpaired) electrons. The molecule has 1 heterocycles. The van der Waals surface area contributed by atoms with Crippen molar-refractivity contribution in [2.45, 2.75) is 0 Å². The highest BCUT2D eigenvalue weighted by Gasteiger charge is 1.94. The van der Waals surface area contributed by atoms with Gasteiger partial charge in [0.15, 0.2) is 0 Å². The maximum atomic E-state index is 5.51. The molecule has 0 fully saturated rings. The van der Waals surface area contributed by atoms with E-state index in [-0.39, 0.29) is 0 Å². The molecule has 0 aliphatic carbocycles. The third-order valence-electron chi connectivity index (χ3n) is 1.42. The highest BCUT2D eigenvalue weighted by atomic mass is 32.1. The fourth-order valence-corrected chi connectivity index (χ4v) is 1.44. The zero-order valence-electron chi connectivity index (χ0n) is 6.36. The smallest absolute Gasteiger partial charge is 0.138 e. The molecule has 1 aromatic carbocycles. The van der Waals surface area contributed by atoms with Gasteiger partial charge in [-0.25, -0.2) is 0 Å². The molecule has 2 rings (SSSR count). The lowest BCUT2D eigenvalue weighted by molar-refractivity contribution is 0.485. The van der Waals surface area contributed by atoms with Crippen molar-refractivity contribution in [3.05, 3.63) is 47.2 Å². The highest BCUT2D eigenvalue weighted by molar-refractivity contribution is 7.08. The van der Waals surface area contributed by atoms with Crippen molar-refractivity contribution in [1.82, 2.24) is 0 Å². The number of benzene rings is 1. The number of ether oxygens (including phenoxy) is 1. The molecule has 0 atom stereocenters. The van der Waals surface area contributed by atoms with Gasteiger partial charge in [-0.3, -0.25) is 0 Å². The molecule has 1 aromatic heterocycles. The first-order valence-corrected chi connectivity index (χ1v) is 4.55. The minimum atomic E-state index is 0.854. The number of rotatable bonds is 2. The van der Waals surface area contributed by atoms with Crippen LogP contribution in [0.4, 0.5) is 0 Å². The molecule has 0 spiro atoms. The first-order chi connectivity index (χ1) is 5.95. The predicted molar refractivity (Wildman–Crippen MR) is 49.7 cm³/mol. The second-order valence-electron chi connectivity index (χ2n) is 2.30. The molecule has 0 saturated heterocycles. The van der Waals surface area contributed by atoms with Gasteiger partial charge in [-0.2, -0.15) is 0 Å². The Kier molecular flexibility index (Phi) is 2.10. The number of hydrogen-bond acceptors (Lipinski definition) is 2. The maximum absolute atomic E-state index is 5.51. The van der Waals surface area contributed by atoms with Crippen molar-refractivity contribution < 1.29 is 4.74 Å². The van der Waals surface area contributed by atoms with Crippen LogP contribution in [-0.4, -0.2) is 0 Å². The normalized spacial score (nSPS) is 9.67. The molecular weight excluding hydrogens is 168 g/mol. The first-order valence-electron chi connectivity index (χ1n) is 3.61. The van der Waals surface area contributed by atoms with E-state index in [1.807, 2.05) is 41.1 Å². The van der Waals surface area contributed by atoms with Gasteiger partial charge in [-0.05, 0) is 29.6 Å². The van der Waals surface area contributed by atoms with E-state index in [1.165, 1.54) is 0 Å². The standard InChI is InChI=1S/C10H7OS/c1-2-4-9(5-3-1)11-10-6-7-12-8-10/h2-8H. The SMILES string of the molecule is [c]1ccc(Oc2ccsc2)cc1. The van der Waals surface area contributed by atoms with Gasteiger partial charge in [0.1, 0.15) is 11.5 Å². The molecule has 0 N–H and O–H groups in total. The van der Waals surface area contributed by atoms with Crippen LogP contribution < -0.4 is 4.74 Å². The van der Waals surface area contributed by atoms with Gasteiger partial charge in [-0.1, -0.05) is 12.1 Å². The van der Waals surface area contributed by atoms with E-state index in [2.05, 4.69) is 6.07 Å². The van der Waals surface area contributed by atoms with Crippen LogP contribution in [0.25, 0.3) is 0 Å². The quantitative estimate of drug-likeness (QED) is 0.680. The lowest BCUT2D eigenvalue weighted by Gasteiger charge is -2.00. The van der Waals surface area contributed by atoms with Gasteiger partial charge in [0.25, 0.3) is 0 Å². The lowest BCUT2D eigenvalue weighted by atomic mass is 10.3. The van der Waals surface area contributed by atoms with Crippen LogP contribution in [-0.2, 0) is 0 Å². The van der Waals surface area contributed by atoms with E-state index in [4.69, 9.17) is 4.74 Å². The summed E-state index contributed by atoms with van der Waals surface area (Å²) in [6.07, 6.45) is 0. The van der Waals surface area contributed by atoms with Gasteiger partial charge >= 0.3 is 0 Å². The van der Waals surface area contributed by atoms with Gasteiger partial charge in [0, 0.05) is 5.38 Å². The Morgan fingerprint density at radius 2 is 1.92 bits per heavy atom. The molecule has 59 valence electrons. The summed E-state index contributed by atoms with van der Waals surface area (Å²) < 4.78 is 5.51. The molecule has 2 heteroatoms. The molecule has 2 aromatic rings. The Bertz CT molecular complexity index is 326. The topological polar surface area (TPSA) is 9.23 Å². The summed E-state index contributed by atoms with van der Waals surface area (Å²) in [6.45, 7) is 0. The molecule has 0 unspecified atom stereocenters. The van der Waals surface area contributed by atoms with E-state index >= 15 is 0 Å². The monoisotopic (exact) mass is 175 g/mol. The first kappa shape index (κ1) is 7.37. The molecule has 0 aliphatic heterocycles. The van der Waals surface area contributed by atoms with Crippen LogP contribution in [0.1, 0.15) is 0 Å². The lowest BCUT2D eigenvalue weighted by Crippen LogP contribution is -1.79. The zero-order valence-corrected chi connectivity index (χ0v) is 7.17. The van der Waals surface area contributed by atoms with Crippen molar-refractivity contribution >= 4 is 11.3 Å². The fraction of sp³-hybridized carbons (Fsp3) is 0. The van der Waals surface area contributed by atoms with Crippen molar-refractivity contribution in [3.8, 4) is 11.5 Å². The van der Waals surface area contributed by atoms with Crippen LogP contribution in [0.15, 0.2) is 41.1 Å². The average molecular weight is 175 g/mol. The molecule has 0 bridgehead atoms. The maximum Gasteiger partial charge on any atom is 0.138 e. The minimum Gasteiger partial charge on any atom is -0.457 e. The minimum absolute atomic E-state index is 0.854. The third-order valence-corrected chi connectivity index (χ3v) is 2.08. The Balaban J connectivity index is 2.15. The van der Waals surface area contributed by atoms with Crippen LogP contribution in [0, 0.1) is 6.07 Å². The van der Waals surface area contributed by atoms with Crippen LogP contribution in [0.3, 0.4) is 0 Å². The molecule has 1 nitrogen and oxygen atoms in total. The summed E-state index contributed by atoms with van der Waals surface area (Å²) in [5, 5.41) is 3.96. The Morgan fingerprint density at radius 1 is 1.08 bits per heavy atom. The summed E-state index contributed by atoms with van der Waals surface area (Å²) in [6, 6.07) is 12.3. The summed E-state index contributed by atoms with van der Waals surface area (Å²) in [5.74, 6) is 1.75. The third kappa shape index (κ3) is 1.66. The summed E-state index contributed by atoms with van der Waals surface area (Å²) in [5.41, 5.74) is 0. The van der Waals surface area contributed by atoms with Crippen LogP contribution in [0.5, 0.6) is 11.5 Å². The Morgan fingerprint density at radius 3 is 2.58 bits per heavy atom. The Labute approximate surface area is 75.2 Å². The molecule has 0 aliphatic rings. The van der Waals surface area contributed by atoms with Gasteiger partial charge in [-0.15, -0.1) is 11.3 Å². The van der Waals surface area contributed by atoms with Crippen molar-refractivity contribution in [3.63, 3.8) is 0 Å². The van der Waals surface area contributed by atoms with E-state index < -0.39 is 0 Å². The van der Waals surface area contributed by atoms with Gasteiger partial charge in [0.05, 0.1) is 0 Å². The van der Waals surface area contributed by atoms with Crippen molar-refractivity contribution in [2.24, 2.45) is 0 Å². The van der Waals surface area contributed by atoms with Crippen LogP contribution in [0.2, 0.25) is 0 Å². The molecule has 0 amide bonds. The van der Waals surface area contributed by atoms with E-state index in [0.29, 0.717) is 0 Å². The van der Waals surface area contributed by atoms with Gasteiger partial charge < -0.3 is 4.74 Å². The number of thiophene rings is 1. The molecule has 0 saturated carbocycles. The summed E-state index contributed by atoms with van der Waals surface area (Å²) in [7, 11) is 0. The highest BCUT2D eigenvalue weighted by Crippen LogP contribution is 2.22. The zero-order chi connectivity index (χ0) is 8.23. The largest absolute Gasteiger partial charge is 0.457 e.